The van der Waals surface area contributed by atoms with Gasteiger partial charge in [-0.05, 0) is 43.7 Å². The number of para-hydroxylation sites is 1. The van der Waals surface area contributed by atoms with Crippen LogP contribution in [0.4, 0.5) is 5.69 Å². The second-order valence-electron chi connectivity index (χ2n) is 5.56. The van der Waals surface area contributed by atoms with Gasteiger partial charge in [0.15, 0.2) is 0 Å². The summed E-state index contributed by atoms with van der Waals surface area (Å²) in [5, 5.41) is 10.1. The number of aliphatic imine (C=N–C) groups is 1. The van der Waals surface area contributed by atoms with E-state index in [1.54, 1.807) is 13.3 Å². The molecule has 0 amide bonds. The Labute approximate surface area is 152 Å². The van der Waals surface area contributed by atoms with Crippen LogP contribution in [0.15, 0.2) is 58.3 Å². The highest BCUT2D eigenvalue weighted by molar-refractivity contribution is 5.83. The summed E-state index contributed by atoms with van der Waals surface area (Å²) in [6.07, 6.45) is 1.58. The number of hydrogen-bond donors (Lipinski definition) is 2. The molecule has 0 saturated heterocycles. The van der Waals surface area contributed by atoms with Gasteiger partial charge in [-0.3, -0.25) is 14.9 Å². The number of aromatic nitrogens is 2. The van der Waals surface area contributed by atoms with Gasteiger partial charge in [-0.1, -0.05) is 24.3 Å². The number of aliphatic hydroxyl groups excluding tert-OH is 1. The summed E-state index contributed by atoms with van der Waals surface area (Å²) in [5.74, 6) is 0.683. The minimum absolute atomic E-state index is 0.131. The number of aryl methyl sites for hydroxylation is 2. The molecule has 0 bridgehead atoms. The smallest absolute Gasteiger partial charge is 0.280 e. The van der Waals surface area contributed by atoms with Crippen molar-refractivity contribution in [3.63, 3.8) is 0 Å². The minimum atomic E-state index is -0.131. The van der Waals surface area contributed by atoms with E-state index in [0.29, 0.717) is 17.0 Å². The molecular formula is C20H23N3O3. The number of hydrogen-bond acceptors (Lipinski definition) is 4. The van der Waals surface area contributed by atoms with Crippen molar-refractivity contribution in [3.05, 3.63) is 75.7 Å². The first kappa shape index (κ1) is 19.2. The lowest BCUT2D eigenvalue weighted by molar-refractivity contribution is 0.399. The van der Waals surface area contributed by atoms with Gasteiger partial charge in [-0.2, -0.15) is 0 Å². The Balaban J connectivity index is 0.00000117. The predicted octanol–water partition coefficient (Wildman–Crippen LogP) is 3.15. The topological polar surface area (TPSA) is 79.6 Å². The molecule has 6 nitrogen and oxygen atoms in total. The van der Waals surface area contributed by atoms with Crippen LogP contribution in [-0.2, 0) is 0 Å². The lowest BCUT2D eigenvalue weighted by Crippen LogP contribution is -2.17. The van der Waals surface area contributed by atoms with Crippen molar-refractivity contribution in [1.29, 1.82) is 0 Å². The first-order chi connectivity index (χ1) is 12.6. The first-order valence-electron chi connectivity index (χ1n) is 8.10. The van der Waals surface area contributed by atoms with Crippen molar-refractivity contribution in [2.45, 2.75) is 13.8 Å². The van der Waals surface area contributed by atoms with Gasteiger partial charge in [-0.25, -0.2) is 4.68 Å². The van der Waals surface area contributed by atoms with Gasteiger partial charge in [0, 0.05) is 19.0 Å². The van der Waals surface area contributed by atoms with Crippen molar-refractivity contribution in [3.8, 4) is 11.4 Å². The van der Waals surface area contributed by atoms with Gasteiger partial charge < -0.3 is 9.84 Å². The number of aliphatic hydroxyl groups is 1. The van der Waals surface area contributed by atoms with Crippen LogP contribution in [-0.4, -0.2) is 35.3 Å². The van der Waals surface area contributed by atoms with Crippen LogP contribution >= 0.6 is 0 Å². The zero-order valence-corrected chi connectivity index (χ0v) is 15.4. The number of ether oxygens (including phenoxy) is 1. The molecule has 136 valence electrons. The summed E-state index contributed by atoms with van der Waals surface area (Å²) in [5.41, 5.74) is 3.73. The Bertz CT molecular complexity index is 941. The van der Waals surface area contributed by atoms with Crippen LogP contribution in [0.2, 0.25) is 0 Å². The molecule has 1 aromatic heterocycles. The summed E-state index contributed by atoms with van der Waals surface area (Å²) in [6, 6.07) is 15.2. The monoisotopic (exact) mass is 353 g/mol. The third-order valence-corrected chi connectivity index (χ3v) is 3.80. The Morgan fingerprint density at radius 3 is 2.46 bits per heavy atom. The molecule has 0 fully saturated rings. The van der Waals surface area contributed by atoms with E-state index in [1.807, 2.05) is 62.4 Å². The first-order valence-corrected chi connectivity index (χ1v) is 8.10. The average molecular weight is 353 g/mol. The fourth-order valence-electron chi connectivity index (χ4n) is 2.50. The summed E-state index contributed by atoms with van der Waals surface area (Å²) < 4.78 is 6.86. The summed E-state index contributed by atoms with van der Waals surface area (Å²) >= 11 is 0. The standard InChI is InChI=1S/C19H19N3O2.CH4O/c1-13-9-10-17(18(11-13)24-3)20-12-16-14(2)21-22(19(16)23)15-7-5-4-6-8-15;1-2/h4-12,21H,1-3H3;2H,1H3. The number of nitrogens with zero attached hydrogens (tertiary/aromatic N) is 2. The van der Waals surface area contributed by atoms with Gasteiger partial charge in [0.25, 0.3) is 5.56 Å². The SMILES string of the molecule is CO.COc1cc(C)ccc1N=Cc1c(C)[nH]n(-c2ccccc2)c1=O. The average Bonchev–Trinajstić information content (AvgIpc) is 2.97. The third kappa shape index (κ3) is 4.10. The molecule has 0 aliphatic carbocycles. The molecule has 6 heteroatoms. The van der Waals surface area contributed by atoms with Crippen LogP contribution in [0.3, 0.4) is 0 Å². The maximum atomic E-state index is 12.6. The van der Waals surface area contributed by atoms with Gasteiger partial charge in [0.2, 0.25) is 0 Å². The molecule has 0 atom stereocenters. The van der Waals surface area contributed by atoms with Crippen LogP contribution in [0.5, 0.6) is 5.75 Å². The van der Waals surface area contributed by atoms with Crippen molar-refractivity contribution < 1.29 is 9.84 Å². The zero-order chi connectivity index (χ0) is 19.1. The lowest BCUT2D eigenvalue weighted by atomic mass is 10.2. The number of benzene rings is 2. The molecule has 0 aliphatic heterocycles. The molecule has 26 heavy (non-hydrogen) atoms. The highest BCUT2D eigenvalue weighted by Gasteiger charge is 2.10. The molecule has 0 unspecified atom stereocenters. The normalized spacial score (nSPS) is 10.5. The Morgan fingerprint density at radius 1 is 1.12 bits per heavy atom. The van der Waals surface area contributed by atoms with Crippen molar-refractivity contribution in [1.82, 2.24) is 9.78 Å². The maximum absolute atomic E-state index is 12.6. The molecular weight excluding hydrogens is 330 g/mol. The third-order valence-electron chi connectivity index (χ3n) is 3.80. The maximum Gasteiger partial charge on any atom is 0.280 e. The Morgan fingerprint density at radius 2 is 1.81 bits per heavy atom. The minimum Gasteiger partial charge on any atom is -0.494 e. The molecule has 2 aromatic carbocycles. The van der Waals surface area contributed by atoms with Crippen LogP contribution < -0.4 is 10.3 Å². The van der Waals surface area contributed by atoms with Gasteiger partial charge in [0.05, 0.1) is 18.4 Å². The molecule has 0 saturated carbocycles. The lowest BCUT2D eigenvalue weighted by Gasteiger charge is -2.04. The van der Waals surface area contributed by atoms with Gasteiger partial charge in [-0.15, -0.1) is 0 Å². The fraction of sp³-hybridized carbons (Fsp3) is 0.200. The second-order valence-corrected chi connectivity index (χ2v) is 5.56. The van der Waals surface area contributed by atoms with Crippen molar-refractivity contribution in [2.24, 2.45) is 4.99 Å². The number of aromatic amines is 1. The number of methoxy groups -OCH3 is 1. The van der Waals surface area contributed by atoms with E-state index in [2.05, 4.69) is 10.1 Å². The highest BCUT2D eigenvalue weighted by Crippen LogP contribution is 2.27. The number of nitrogens with one attached hydrogen (secondary N) is 1. The van der Waals surface area contributed by atoms with Gasteiger partial charge in [0.1, 0.15) is 11.4 Å². The molecule has 0 aliphatic rings. The largest absolute Gasteiger partial charge is 0.494 e. The molecule has 3 rings (SSSR count). The van der Waals surface area contributed by atoms with E-state index in [-0.39, 0.29) is 5.56 Å². The second kappa shape index (κ2) is 8.82. The molecule has 0 spiro atoms. The number of H-pyrrole nitrogens is 1. The molecule has 2 N–H and O–H groups in total. The molecule has 0 radical (unpaired) electrons. The van der Waals surface area contributed by atoms with E-state index in [9.17, 15) is 4.79 Å². The summed E-state index contributed by atoms with van der Waals surface area (Å²) in [7, 11) is 2.61. The Kier molecular flexibility index (Phi) is 6.52. The number of rotatable bonds is 4. The van der Waals surface area contributed by atoms with Crippen molar-refractivity contribution >= 4 is 11.9 Å². The summed E-state index contributed by atoms with van der Waals surface area (Å²) in [6.45, 7) is 3.85. The predicted molar refractivity (Wildman–Crippen MR) is 104 cm³/mol. The van der Waals surface area contributed by atoms with Crippen molar-refractivity contribution in [2.75, 3.05) is 14.2 Å². The zero-order valence-electron chi connectivity index (χ0n) is 15.4. The van der Waals surface area contributed by atoms with E-state index in [4.69, 9.17) is 9.84 Å². The van der Waals surface area contributed by atoms with E-state index >= 15 is 0 Å². The quantitative estimate of drug-likeness (QED) is 0.707. The van der Waals surface area contributed by atoms with E-state index in [0.717, 1.165) is 24.1 Å². The van der Waals surface area contributed by atoms with Gasteiger partial charge >= 0.3 is 0 Å². The van der Waals surface area contributed by atoms with Crippen LogP contribution in [0, 0.1) is 13.8 Å². The molecule has 3 aromatic rings. The summed E-state index contributed by atoms with van der Waals surface area (Å²) in [4.78, 5) is 17.1. The van der Waals surface area contributed by atoms with Crippen LogP contribution in [0.1, 0.15) is 16.8 Å². The van der Waals surface area contributed by atoms with E-state index < -0.39 is 0 Å². The van der Waals surface area contributed by atoms with E-state index in [1.165, 1.54) is 4.68 Å². The van der Waals surface area contributed by atoms with Crippen LogP contribution in [0.25, 0.3) is 5.69 Å². The molecule has 1 heterocycles. The fourth-order valence-corrected chi connectivity index (χ4v) is 2.50. The Hall–Kier alpha value is -3.12. The highest BCUT2D eigenvalue weighted by atomic mass is 16.5.